The second kappa shape index (κ2) is 2.83. The van der Waals surface area contributed by atoms with E-state index in [2.05, 4.69) is 50.7 Å². The summed E-state index contributed by atoms with van der Waals surface area (Å²) in [5.41, 5.74) is 3.54. The van der Waals surface area contributed by atoms with Crippen LogP contribution in [0, 0.1) is 6.92 Å². The van der Waals surface area contributed by atoms with Crippen LogP contribution in [0.25, 0.3) is 5.65 Å². The number of pyridine rings is 1. The van der Waals surface area contributed by atoms with Crippen LogP contribution in [0.4, 0.5) is 0 Å². The summed E-state index contributed by atoms with van der Waals surface area (Å²) in [6, 6.07) is 2.11. The van der Waals surface area contributed by atoms with E-state index in [4.69, 9.17) is 0 Å². The van der Waals surface area contributed by atoms with Crippen LogP contribution in [0.15, 0.2) is 22.9 Å². The summed E-state index contributed by atoms with van der Waals surface area (Å²) in [4.78, 5) is 4.65. The Hall–Kier alpha value is -0.830. The Morgan fingerprint density at radius 1 is 1.50 bits per heavy atom. The van der Waals surface area contributed by atoms with Gasteiger partial charge in [-0.2, -0.15) is 0 Å². The SMILES string of the molecule is Cc1ccn2cc(C3CC3)nc2c1Br. The maximum atomic E-state index is 4.65. The molecule has 0 atom stereocenters. The van der Waals surface area contributed by atoms with Crippen LogP contribution in [0.2, 0.25) is 0 Å². The third kappa shape index (κ3) is 1.19. The number of fused-ring (bicyclic) bond motifs is 1. The number of hydrogen-bond donors (Lipinski definition) is 0. The van der Waals surface area contributed by atoms with Crippen LogP contribution in [0.5, 0.6) is 0 Å². The molecule has 0 aliphatic heterocycles. The zero-order chi connectivity index (χ0) is 9.71. The van der Waals surface area contributed by atoms with Crippen molar-refractivity contribution >= 4 is 21.6 Å². The third-order valence-electron chi connectivity index (χ3n) is 2.77. The molecule has 0 aromatic carbocycles. The van der Waals surface area contributed by atoms with Crippen molar-refractivity contribution < 1.29 is 0 Å². The molecule has 2 aromatic rings. The van der Waals surface area contributed by atoms with E-state index in [1.54, 1.807) is 0 Å². The summed E-state index contributed by atoms with van der Waals surface area (Å²) >= 11 is 3.58. The minimum absolute atomic E-state index is 0.724. The van der Waals surface area contributed by atoms with E-state index >= 15 is 0 Å². The van der Waals surface area contributed by atoms with Gasteiger partial charge in [0, 0.05) is 18.3 Å². The molecule has 0 N–H and O–H groups in total. The highest BCUT2D eigenvalue weighted by atomic mass is 79.9. The standard InChI is InChI=1S/C11H11BrN2/c1-7-4-5-14-6-9(8-2-3-8)13-11(14)10(7)12/h4-6,8H,2-3H2,1H3. The van der Waals surface area contributed by atoms with Crippen molar-refractivity contribution in [2.45, 2.75) is 25.7 Å². The summed E-state index contributed by atoms with van der Waals surface area (Å²) in [5, 5.41) is 0. The molecule has 3 heteroatoms. The van der Waals surface area contributed by atoms with Crippen LogP contribution < -0.4 is 0 Å². The summed E-state index contributed by atoms with van der Waals surface area (Å²) in [6.45, 7) is 2.09. The van der Waals surface area contributed by atoms with Gasteiger partial charge in [-0.05, 0) is 47.3 Å². The fourth-order valence-electron chi connectivity index (χ4n) is 1.71. The van der Waals surface area contributed by atoms with Crippen molar-refractivity contribution in [3.8, 4) is 0 Å². The Balaban J connectivity index is 2.26. The molecule has 72 valence electrons. The highest BCUT2D eigenvalue weighted by molar-refractivity contribution is 9.10. The average molecular weight is 251 g/mol. The Morgan fingerprint density at radius 2 is 2.29 bits per heavy atom. The van der Waals surface area contributed by atoms with Gasteiger partial charge in [0.15, 0.2) is 5.65 Å². The fourth-order valence-corrected chi connectivity index (χ4v) is 2.13. The lowest BCUT2D eigenvalue weighted by molar-refractivity contribution is 1.06. The average Bonchev–Trinajstić information content (AvgIpc) is 2.93. The molecular formula is C11H11BrN2. The van der Waals surface area contributed by atoms with E-state index in [0.29, 0.717) is 0 Å². The fraction of sp³-hybridized carbons (Fsp3) is 0.364. The first-order valence-electron chi connectivity index (χ1n) is 4.89. The molecule has 0 bridgehead atoms. The highest BCUT2D eigenvalue weighted by Crippen LogP contribution is 2.39. The Labute approximate surface area is 91.1 Å². The molecule has 0 amide bonds. The quantitative estimate of drug-likeness (QED) is 0.760. The van der Waals surface area contributed by atoms with Crippen LogP contribution >= 0.6 is 15.9 Å². The molecule has 0 saturated heterocycles. The van der Waals surface area contributed by atoms with Gasteiger partial charge >= 0.3 is 0 Å². The molecule has 1 aliphatic carbocycles. The van der Waals surface area contributed by atoms with Crippen molar-refractivity contribution in [2.75, 3.05) is 0 Å². The highest BCUT2D eigenvalue weighted by Gasteiger charge is 2.26. The lowest BCUT2D eigenvalue weighted by atomic mass is 10.3. The number of rotatable bonds is 1. The van der Waals surface area contributed by atoms with Crippen molar-refractivity contribution in [3.63, 3.8) is 0 Å². The molecule has 1 fully saturated rings. The maximum Gasteiger partial charge on any atom is 0.151 e. The van der Waals surface area contributed by atoms with Crippen LogP contribution in [-0.2, 0) is 0 Å². The Bertz CT molecular complexity index is 497. The lowest BCUT2D eigenvalue weighted by Crippen LogP contribution is -1.85. The van der Waals surface area contributed by atoms with Gasteiger partial charge in [-0.3, -0.25) is 0 Å². The Morgan fingerprint density at radius 3 is 3.00 bits per heavy atom. The van der Waals surface area contributed by atoms with Crippen molar-refractivity contribution in [1.82, 2.24) is 9.38 Å². The van der Waals surface area contributed by atoms with Gasteiger partial charge in [-0.25, -0.2) is 4.98 Å². The first kappa shape index (κ1) is 8.48. The minimum Gasteiger partial charge on any atom is -0.306 e. The van der Waals surface area contributed by atoms with Crippen LogP contribution in [0.3, 0.4) is 0 Å². The van der Waals surface area contributed by atoms with Crippen molar-refractivity contribution in [3.05, 3.63) is 34.2 Å². The topological polar surface area (TPSA) is 17.3 Å². The zero-order valence-electron chi connectivity index (χ0n) is 8.00. The number of nitrogens with zero attached hydrogens (tertiary/aromatic N) is 2. The van der Waals surface area contributed by atoms with Gasteiger partial charge in [-0.15, -0.1) is 0 Å². The molecule has 2 aromatic heterocycles. The molecule has 0 unspecified atom stereocenters. The molecule has 3 rings (SSSR count). The largest absolute Gasteiger partial charge is 0.306 e. The van der Waals surface area contributed by atoms with Gasteiger partial charge in [-0.1, -0.05) is 0 Å². The number of aromatic nitrogens is 2. The van der Waals surface area contributed by atoms with Crippen LogP contribution in [-0.4, -0.2) is 9.38 Å². The maximum absolute atomic E-state index is 4.65. The smallest absolute Gasteiger partial charge is 0.151 e. The van der Waals surface area contributed by atoms with Crippen molar-refractivity contribution in [2.24, 2.45) is 0 Å². The second-order valence-corrected chi connectivity index (χ2v) is 4.78. The minimum atomic E-state index is 0.724. The summed E-state index contributed by atoms with van der Waals surface area (Å²) in [6.07, 6.45) is 6.84. The molecule has 2 heterocycles. The van der Waals surface area contributed by atoms with E-state index < -0.39 is 0 Å². The Kier molecular flexibility index (Phi) is 1.71. The van der Waals surface area contributed by atoms with E-state index in [1.165, 1.54) is 24.1 Å². The van der Waals surface area contributed by atoms with Gasteiger partial charge in [0.2, 0.25) is 0 Å². The molecular weight excluding hydrogens is 240 g/mol. The third-order valence-corrected chi connectivity index (χ3v) is 3.75. The first-order valence-corrected chi connectivity index (χ1v) is 5.69. The number of aryl methyl sites for hydroxylation is 1. The number of hydrogen-bond acceptors (Lipinski definition) is 1. The molecule has 14 heavy (non-hydrogen) atoms. The predicted octanol–water partition coefficient (Wildman–Crippen LogP) is 3.28. The van der Waals surface area contributed by atoms with E-state index in [1.807, 2.05) is 0 Å². The van der Waals surface area contributed by atoms with E-state index in [0.717, 1.165) is 16.0 Å². The predicted molar refractivity (Wildman–Crippen MR) is 59.6 cm³/mol. The number of halogens is 1. The van der Waals surface area contributed by atoms with Gasteiger partial charge < -0.3 is 4.40 Å². The molecule has 2 nitrogen and oxygen atoms in total. The van der Waals surface area contributed by atoms with E-state index in [-0.39, 0.29) is 0 Å². The summed E-state index contributed by atoms with van der Waals surface area (Å²) in [7, 11) is 0. The second-order valence-electron chi connectivity index (χ2n) is 3.98. The van der Waals surface area contributed by atoms with Gasteiger partial charge in [0.25, 0.3) is 0 Å². The van der Waals surface area contributed by atoms with Crippen LogP contribution in [0.1, 0.15) is 30.0 Å². The zero-order valence-corrected chi connectivity index (χ0v) is 9.58. The molecule has 1 aliphatic rings. The number of imidazole rings is 1. The van der Waals surface area contributed by atoms with Crippen molar-refractivity contribution in [1.29, 1.82) is 0 Å². The van der Waals surface area contributed by atoms with Gasteiger partial charge in [0.05, 0.1) is 10.2 Å². The molecule has 0 spiro atoms. The molecule has 1 saturated carbocycles. The van der Waals surface area contributed by atoms with E-state index in [9.17, 15) is 0 Å². The monoisotopic (exact) mass is 250 g/mol. The normalized spacial score (nSPS) is 16.4. The first-order chi connectivity index (χ1) is 6.75. The summed E-state index contributed by atoms with van der Waals surface area (Å²) < 4.78 is 3.22. The van der Waals surface area contributed by atoms with Gasteiger partial charge in [0.1, 0.15) is 0 Å². The lowest BCUT2D eigenvalue weighted by Gasteiger charge is -1.98. The molecule has 0 radical (unpaired) electrons. The summed E-state index contributed by atoms with van der Waals surface area (Å²) in [5.74, 6) is 0.724.